The summed E-state index contributed by atoms with van der Waals surface area (Å²) in [6.45, 7) is 0.501. The van der Waals surface area contributed by atoms with E-state index in [1.807, 2.05) is 18.2 Å². The minimum Gasteiger partial charge on any atom is -0.367 e. The Hall–Kier alpha value is -1.13. The normalized spacial score (nSPS) is 24.2. The van der Waals surface area contributed by atoms with Crippen LogP contribution in [0.5, 0.6) is 0 Å². The Balaban J connectivity index is 1.86. The number of pyridine rings is 1. The summed E-state index contributed by atoms with van der Waals surface area (Å²) < 4.78 is 0. The Morgan fingerprint density at radius 1 is 1.44 bits per heavy atom. The minimum atomic E-state index is 0.501. The van der Waals surface area contributed by atoms with E-state index in [1.54, 1.807) is 0 Å². The van der Waals surface area contributed by atoms with Gasteiger partial charge in [-0.2, -0.15) is 0 Å². The fraction of sp³-hybridized carbons (Fsp3) is 0.583. The molecule has 2 rings (SSSR count). The predicted octanol–water partition coefficient (Wildman–Crippen LogP) is 1.04. The summed E-state index contributed by atoms with van der Waals surface area (Å²) in [6.07, 6.45) is 2.39. The fourth-order valence-corrected chi connectivity index (χ4v) is 2.01. The average Bonchev–Trinajstić information content (AvgIpc) is 2.22. The zero-order valence-electron chi connectivity index (χ0n) is 9.98. The molecule has 0 aliphatic heterocycles. The van der Waals surface area contributed by atoms with Crippen molar-refractivity contribution in [3.05, 3.63) is 23.9 Å². The molecule has 3 N–H and O–H groups in total. The van der Waals surface area contributed by atoms with Crippen LogP contribution in [-0.4, -0.2) is 36.1 Å². The SMILES string of the molecule is CN(C)C1CC(Nc2cccc(CN)n2)C1. The van der Waals surface area contributed by atoms with E-state index in [9.17, 15) is 0 Å². The lowest BCUT2D eigenvalue weighted by Gasteiger charge is -2.40. The van der Waals surface area contributed by atoms with Crippen molar-refractivity contribution in [1.29, 1.82) is 0 Å². The third kappa shape index (κ3) is 2.51. The Labute approximate surface area is 96.8 Å². The van der Waals surface area contributed by atoms with Gasteiger partial charge in [-0.15, -0.1) is 0 Å². The van der Waals surface area contributed by atoms with Crippen LogP contribution in [0.15, 0.2) is 18.2 Å². The molecule has 4 heteroatoms. The summed E-state index contributed by atoms with van der Waals surface area (Å²) in [7, 11) is 4.27. The maximum atomic E-state index is 5.56. The topological polar surface area (TPSA) is 54.2 Å². The van der Waals surface area contributed by atoms with E-state index < -0.39 is 0 Å². The molecule has 1 aromatic heterocycles. The van der Waals surface area contributed by atoms with E-state index in [-0.39, 0.29) is 0 Å². The largest absolute Gasteiger partial charge is 0.367 e. The van der Waals surface area contributed by atoms with Crippen LogP contribution in [0.2, 0.25) is 0 Å². The van der Waals surface area contributed by atoms with Gasteiger partial charge in [-0.05, 0) is 39.1 Å². The van der Waals surface area contributed by atoms with Gasteiger partial charge in [0.2, 0.25) is 0 Å². The summed E-state index contributed by atoms with van der Waals surface area (Å²) in [4.78, 5) is 6.71. The van der Waals surface area contributed by atoms with Gasteiger partial charge in [-0.25, -0.2) is 4.98 Å². The smallest absolute Gasteiger partial charge is 0.126 e. The molecule has 1 saturated carbocycles. The van der Waals surface area contributed by atoms with Gasteiger partial charge in [0, 0.05) is 18.6 Å². The first-order valence-electron chi connectivity index (χ1n) is 5.78. The van der Waals surface area contributed by atoms with Crippen LogP contribution in [0.25, 0.3) is 0 Å². The van der Waals surface area contributed by atoms with Gasteiger partial charge < -0.3 is 16.0 Å². The summed E-state index contributed by atoms with van der Waals surface area (Å²) in [5, 5.41) is 3.44. The van der Waals surface area contributed by atoms with Crippen LogP contribution >= 0.6 is 0 Å². The third-order valence-electron chi connectivity index (χ3n) is 3.21. The first-order valence-corrected chi connectivity index (χ1v) is 5.78. The highest BCUT2D eigenvalue weighted by molar-refractivity contribution is 5.37. The highest BCUT2D eigenvalue weighted by Gasteiger charge is 2.30. The quantitative estimate of drug-likeness (QED) is 0.796. The monoisotopic (exact) mass is 220 g/mol. The van der Waals surface area contributed by atoms with E-state index in [4.69, 9.17) is 5.73 Å². The second-order valence-electron chi connectivity index (χ2n) is 4.65. The third-order valence-corrected chi connectivity index (χ3v) is 3.21. The Bertz CT molecular complexity index is 345. The van der Waals surface area contributed by atoms with Gasteiger partial charge in [0.25, 0.3) is 0 Å². The highest BCUT2D eigenvalue weighted by atomic mass is 15.1. The molecule has 1 aliphatic carbocycles. The van der Waals surface area contributed by atoms with Crippen LogP contribution in [0.3, 0.4) is 0 Å². The van der Waals surface area contributed by atoms with Crippen molar-refractivity contribution in [2.24, 2.45) is 5.73 Å². The first kappa shape index (κ1) is 11.4. The van der Waals surface area contributed by atoms with Crippen molar-refractivity contribution in [3.63, 3.8) is 0 Å². The number of hydrogen-bond donors (Lipinski definition) is 2. The summed E-state index contributed by atoms with van der Waals surface area (Å²) in [5.41, 5.74) is 6.50. The lowest BCUT2D eigenvalue weighted by Crippen LogP contribution is -2.47. The van der Waals surface area contributed by atoms with Crippen LogP contribution in [0.4, 0.5) is 5.82 Å². The summed E-state index contributed by atoms with van der Waals surface area (Å²) >= 11 is 0. The second kappa shape index (κ2) is 4.80. The van der Waals surface area contributed by atoms with Crippen molar-refractivity contribution in [2.75, 3.05) is 19.4 Å². The standard InChI is InChI=1S/C12H20N4/c1-16(2)11-6-10(7-11)15-12-5-3-4-9(8-13)14-12/h3-5,10-11H,6-8,13H2,1-2H3,(H,14,15). The number of nitrogens with two attached hydrogens (primary N) is 1. The van der Waals surface area contributed by atoms with Gasteiger partial charge in [0.05, 0.1) is 5.69 Å². The van der Waals surface area contributed by atoms with Crippen molar-refractivity contribution in [1.82, 2.24) is 9.88 Å². The summed E-state index contributed by atoms with van der Waals surface area (Å²) in [6, 6.07) is 7.24. The average molecular weight is 220 g/mol. The number of rotatable bonds is 4. The molecule has 0 aromatic carbocycles. The Morgan fingerprint density at radius 3 is 2.81 bits per heavy atom. The molecule has 16 heavy (non-hydrogen) atoms. The molecular formula is C12H20N4. The van der Waals surface area contributed by atoms with E-state index in [1.165, 1.54) is 12.8 Å². The number of anilines is 1. The van der Waals surface area contributed by atoms with Crippen LogP contribution in [0, 0.1) is 0 Å². The lowest BCUT2D eigenvalue weighted by atomic mass is 9.86. The molecule has 0 unspecified atom stereocenters. The molecule has 1 fully saturated rings. The van der Waals surface area contributed by atoms with Crippen LogP contribution in [-0.2, 0) is 6.54 Å². The molecule has 1 aromatic rings. The maximum Gasteiger partial charge on any atom is 0.126 e. The number of nitrogens with zero attached hydrogens (tertiary/aromatic N) is 2. The lowest BCUT2D eigenvalue weighted by molar-refractivity contribution is 0.177. The molecule has 0 radical (unpaired) electrons. The second-order valence-corrected chi connectivity index (χ2v) is 4.65. The number of nitrogens with one attached hydrogen (secondary N) is 1. The fourth-order valence-electron chi connectivity index (χ4n) is 2.01. The van der Waals surface area contributed by atoms with Crippen molar-refractivity contribution >= 4 is 5.82 Å². The number of hydrogen-bond acceptors (Lipinski definition) is 4. The van der Waals surface area contributed by atoms with Gasteiger partial charge in [0.1, 0.15) is 5.82 Å². The van der Waals surface area contributed by atoms with Crippen LogP contribution < -0.4 is 11.1 Å². The van der Waals surface area contributed by atoms with Crippen LogP contribution in [0.1, 0.15) is 18.5 Å². The summed E-state index contributed by atoms with van der Waals surface area (Å²) in [5.74, 6) is 0.949. The van der Waals surface area contributed by atoms with E-state index in [0.717, 1.165) is 17.6 Å². The molecule has 0 bridgehead atoms. The molecule has 1 heterocycles. The maximum absolute atomic E-state index is 5.56. The highest BCUT2D eigenvalue weighted by Crippen LogP contribution is 2.26. The zero-order chi connectivity index (χ0) is 11.5. The van der Waals surface area contributed by atoms with E-state index >= 15 is 0 Å². The molecular weight excluding hydrogens is 200 g/mol. The Morgan fingerprint density at radius 2 is 2.19 bits per heavy atom. The van der Waals surface area contributed by atoms with Gasteiger partial charge in [-0.3, -0.25) is 0 Å². The molecule has 0 atom stereocenters. The molecule has 0 saturated heterocycles. The molecule has 0 spiro atoms. The zero-order valence-corrected chi connectivity index (χ0v) is 9.98. The molecule has 1 aliphatic rings. The van der Waals surface area contributed by atoms with E-state index in [0.29, 0.717) is 12.6 Å². The van der Waals surface area contributed by atoms with Gasteiger partial charge in [-0.1, -0.05) is 6.07 Å². The van der Waals surface area contributed by atoms with Crippen molar-refractivity contribution in [2.45, 2.75) is 31.5 Å². The first-order chi connectivity index (χ1) is 7.69. The minimum absolute atomic E-state index is 0.501. The molecule has 0 amide bonds. The predicted molar refractivity (Wildman–Crippen MR) is 66.2 cm³/mol. The Kier molecular flexibility index (Phi) is 3.41. The molecule has 88 valence electrons. The van der Waals surface area contributed by atoms with Gasteiger partial charge >= 0.3 is 0 Å². The van der Waals surface area contributed by atoms with Crippen molar-refractivity contribution < 1.29 is 0 Å². The molecule has 4 nitrogen and oxygen atoms in total. The number of aromatic nitrogens is 1. The van der Waals surface area contributed by atoms with Crippen molar-refractivity contribution in [3.8, 4) is 0 Å². The van der Waals surface area contributed by atoms with Gasteiger partial charge in [0.15, 0.2) is 0 Å². The van der Waals surface area contributed by atoms with E-state index in [2.05, 4.69) is 29.3 Å².